The molecule has 0 unspecified atom stereocenters. The molecule has 38 heavy (non-hydrogen) atoms. The van der Waals surface area contributed by atoms with E-state index in [1.54, 1.807) is 0 Å². The second-order valence-corrected chi connectivity index (χ2v) is 10.7. The van der Waals surface area contributed by atoms with E-state index in [2.05, 4.69) is 4.90 Å². The number of amides is 1. The highest BCUT2D eigenvalue weighted by Gasteiger charge is 2.31. The number of para-hydroxylation sites is 1. The molecule has 1 N–H and O–H groups in total. The highest BCUT2D eigenvalue weighted by atomic mass is 32.2. The molecule has 1 heterocycles. The molecule has 0 radical (unpaired) electrons. The molecule has 1 amide bonds. The first-order chi connectivity index (χ1) is 18.1. The van der Waals surface area contributed by atoms with Crippen molar-refractivity contribution < 1.29 is 27.6 Å². The maximum atomic E-state index is 13.6. The Balaban J connectivity index is 1.50. The monoisotopic (exact) mass is 542 g/mol. The summed E-state index contributed by atoms with van der Waals surface area (Å²) in [5, 5.41) is 20.6. The Kier molecular flexibility index (Phi) is 8.23. The minimum absolute atomic E-state index is 0.0174. The van der Waals surface area contributed by atoms with Crippen LogP contribution in [-0.4, -0.2) is 67.1 Å². The molecule has 1 saturated heterocycles. The van der Waals surface area contributed by atoms with Crippen LogP contribution in [0.25, 0.3) is 0 Å². The van der Waals surface area contributed by atoms with Crippen LogP contribution in [0.1, 0.15) is 11.1 Å². The minimum Gasteiger partial charge on any atom is -0.465 e. The van der Waals surface area contributed by atoms with Crippen molar-refractivity contribution >= 4 is 27.5 Å². The van der Waals surface area contributed by atoms with Gasteiger partial charge in [0, 0.05) is 45.3 Å². The average molecular weight is 543 g/mol. The smallest absolute Gasteiger partial charge is 0.407 e. The molecule has 0 aliphatic carbocycles. The normalized spacial score (nSPS) is 14.3. The van der Waals surface area contributed by atoms with E-state index in [0.717, 1.165) is 33.6 Å². The van der Waals surface area contributed by atoms with E-state index >= 15 is 0 Å². The first-order valence-electron chi connectivity index (χ1n) is 11.9. The summed E-state index contributed by atoms with van der Waals surface area (Å²) in [6.45, 7) is 2.85. The fraction of sp³-hybridized carbons (Fsp3) is 0.269. The van der Waals surface area contributed by atoms with Crippen molar-refractivity contribution in [2.24, 2.45) is 0 Å². The van der Waals surface area contributed by atoms with Crippen LogP contribution in [0.5, 0.6) is 0 Å². The Morgan fingerprint density at radius 1 is 0.947 bits per heavy atom. The summed E-state index contributed by atoms with van der Waals surface area (Å²) in [5.74, 6) is -0.531. The SMILES string of the molecule is O=C(O)N1CCN(Cc2ccc(CCN(c3ccc(F)cc3)S(=O)(=O)c3ccccc3[N+](=O)[O-])cc2)CC1. The first kappa shape index (κ1) is 27.0. The van der Waals surface area contributed by atoms with E-state index in [9.17, 15) is 27.7 Å². The summed E-state index contributed by atoms with van der Waals surface area (Å²) in [6, 6.07) is 17.7. The number of piperazine rings is 1. The van der Waals surface area contributed by atoms with E-state index in [1.165, 1.54) is 35.2 Å². The zero-order valence-corrected chi connectivity index (χ0v) is 21.3. The van der Waals surface area contributed by atoms with E-state index in [1.807, 2.05) is 24.3 Å². The van der Waals surface area contributed by atoms with E-state index in [-0.39, 0.29) is 12.2 Å². The van der Waals surface area contributed by atoms with Gasteiger partial charge in [-0.2, -0.15) is 0 Å². The van der Waals surface area contributed by atoms with Crippen LogP contribution in [0.3, 0.4) is 0 Å². The Morgan fingerprint density at radius 3 is 2.16 bits per heavy atom. The van der Waals surface area contributed by atoms with Crippen molar-refractivity contribution in [3.05, 3.63) is 99.9 Å². The van der Waals surface area contributed by atoms with Crippen molar-refractivity contribution in [2.45, 2.75) is 17.9 Å². The lowest BCUT2D eigenvalue weighted by molar-refractivity contribution is -0.387. The molecular formula is C26H27FN4O6S. The molecule has 1 aliphatic rings. The molecule has 0 saturated carbocycles. The topological polar surface area (TPSA) is 124 Å². The molecular weight excluding hydrogens is 515 g/mol. The highest BCUT2D eigenvalue weighted by molar-refractivity contribution is 7.93. The van der Waals surface area contributed by atoms with Gasteiger partial charge in [-0.3, -0.25) is 19.3 Å². The number of anilines is 1. The van der Waals surface area contributed by atoms with Crippen molar-refractivity contribution in [3.63, 3.8) is 0 Å². The standard InChI is InChI=1S/C26H27FN4O6S/c27-22-9-11-23(12-10-22)30(38(36,37)25-4-2-1-3-24(25)31(34)35)14-13-20-5-7-21(8-6-20)19-28-15-17-29(18-16-28)26(32)33/h1-12H,13-19H2,(H,32,33). The average Bonchev–Trinajstić information content (AvgIpc) is 2.91. The number of nitro benzene ring substituents is 1. The number of halogens is 1. The summed E-state index contributed by atoms with van der Waals surface area (Å²) in [5.41, 5.74) is 1.56. The highest BCUT2D eigenvalue weighted by Crippen LogP contribution is 2.30. The number of rotatable bonds is 9. The number of hydrogen-bond donors (Lipinski definition) is 1. The molecule has 3 aromatic rings. The maximum absolute atomic E-state index is 13.6. The Morgan fingerprint density at radius 2 is 1.55 bits per heavy atom. The van der Waals surface area contributed by atoms with Crippen LogP contribution in [0.4, 0.5) is 20.6 Å². The van der Waals surface area contributed by atoms with Crippen molar-refractivity contribution in [1.29, 1.82) is 0 Å². The van der Waals surface area contributed by atoms with Crippen LogP contribution in [0, 0.1) is 15.9 Å². The zero-order valence-electron chi connectivity index (χ0n) is 20.4. The van der Waals surface area contributed by atoms with Gasteiger partial charge < -0.3 is 10.0 Å². The second kappa shape index (κ2) is 11.6. The van der Waals surface area contributed by atoms with E-state index in [4.69, 9.17) is 5.11 Å². The van der Waals surface area contributed by atoms with Crippen LogP contribution >= 0.6 is 0 Å². The molecule has 3 aromatic carbocycles. The quantitative estimate of drug-likeness (QED) is 0.321. The molecule has 1 fully saturated rings. The van der Waals surface area contributed by atoms with Gasteiger partial charge in [-0.05, 0) is 47.9 Å². The van der Waals surface area contributed by atoms with Gasteiger partial charge in [-0.15, -0.1) is 0 Å². The van der Waals surface area contributed by atoms with E-state index in [0.29, 0.717) is 39.1 Å². The predicted octanol–water partition coefficient (Wildman–Crippen LogP) is 3.97. The number of carbonyl (C=O) groups is 1. The van der Waals surface area contributed by atoms with Crippen molar-refractivity contribution in [1.82, 2.24) is 9.80 Å². The third-order valence-electron chi connectivity index (χ3n) is 6.42. The van der Waals surface area contributed by atoms with Gasteiger partial charge in [0.2, 0.25) is 0 Å². The first-order valence-corrected chi connectivity index (χ1v) is 13.4. The van der Waals surface area contributed by atoms with Gasteiger partial charge >= 0.3 is 6.09 Å². The number of nitro groups is 1. The molecule has 0 bridgehead atoms. The number of sulfonamides is 1. The van der Waals surface area contributed by atoms with Gasteiger partial charge in [0.15, 0.2) is 4.90 Å². The molecule has 1 aliphatic heterocycles. The summed E-state index contributed by atoms with van der Waals surface area (Å²) >= 11 is 0. The van der Waals surface area contributed by atoms with Crippen molar-refractivity contribution in [3.8, 4) is 0 Å². The van der Waals surface area contributed by atoms with Crippen molar-refractivity contribution in [2.75, 3.05) is 37.0 Å². The van der Waals surface area contributed by atoms with Crippen LogP contribution in [0.15, 0.2) is 77.7 Å². The van der Waals surface area contributed by atoms with Crippen LogP contribution in [-0.2, 0) is 23.0 Å². The summed E-state index contributed by atoms with van der Waals surface area (Å²) in [7, 11) is -4.33. The predicted molar refractivity (Wildman–Crippen MR) is 139 cm³/mol. The minimum atomic E-state index is -4.33. The molecule has 0 spiro atoms. The van der Waals surface area contributed by atoms with Gasteiger partial charge in [0.25, 0.3) is 15.7 Å². The van der Waals surface area contributed by atoms with Crippen LogP contribution < -0.4 is 4.31 Å². The molecule has 4 rings (SSSR count). The lowest BCUT2D eigenvalue weighted by Crippen LogP contribution is -2.47. The Labute approximate surface area is 219 Å². The third kappa shape index (κ3) is 6.26. The zero-order chi connectivity index (χ0) is 27.3. The number of benzene rings is 3. The number of carboxylic acid groups (broad SMARTS) is 1. The fourth-order valence-electron chi connectivity index (χ4n) is 4.34. The molecule has 0 aromatic heterocycles. The molecule has 0 atom stereocenters. The van der Waals surface area contributed by atoms with Gasteiger partial charge in [-0.25, -0.2) is 17.6 Å². The number of nitrogens with zero attached hydrogens (tertiary/aromatic N) is 4. The molecule has 200 valence electrons. The maximum Gasteiger partial charge on any atom is 0.407 e. The molecule has 10 nitrogen and oxygen atoms in total. The van der Waals surface area contributed by atoms with E-state index < -0.39 is 37.4 Å². The summed E-state index contributed by atoms with van der Waals surface area (Å²) in [4.78, 5) is 25.0. The Bertz CT molecular complexity index is 1390. The summed E-state index contributed by atoms with van der Waals surface area (Å²) < 4.78 is 41.8. The number of hydrogen-bond acceptors (Lipinski definition) is 6. The third-order valence-corrected chi connectivity index (χ3v) is 8.29. The largest absolute Gasteiger partial charge is 0.465 e. The molecule has 12 heteroatoms. The van der Waals surface area contributed by atoms with Gasteiger partial charge in [-0.1, -0.05) is 36.4 Å². The Hall–Kier alpha value is -4.03. The second-order valence-electron chi connectivity index (χ2n) is 8.89. The lowest BCUT2D eigenvalue weighted by atomic mass is 10.1. The summed E-state index contributed by atoms with van der Waals surface area (Å²) in [6.07, 6.45) is -0.595. The lowest BCUT2D eigenvalue weighted by Gasteiger charge is -2.33. The van der Waals surface area contributed by atoms with Crippen LogP contribution in [0.2, 0.25) is 0 Å². The van der Waals surface area contributed by atoms with Gasteiger partial charge in [0.05, 0.1) is 10.6 Å². The fourth-order valence-corrected chi connectivity index (χ4v) is 5.96. The van der Waals surface area contributed by atoms with Gasteiger partial charge in [0.1, 0.15) is 5.82 Å².